The Bertz CT molecular complexity index is 2000. The summed E-state index contributed by atoms with van der Waals surface area (Å²) in [4.78, 5) is 77.9. The van der Waals surface area contributed by atoms with Crippen molar-refractivity contribution in [1.82, 2.24) is 20.0 Å². The molecule has 6 rings (SSSR count). The number of rotatable bonds is 17. The number of halogens is 1. The molecule has 3 unspecified atom stereocenters. The van der Waals surface area contributed by atoms with Gasteiger partial charge in [-0.1, -0.05) is 13.3 Å². The first-order valence-corrected chi connectivity index (χ1v) is 22.5. The van der Waals surface area contributed by atoms with Crippen LogP contribution < -0.4 is 16.0 Å². The van der Waals surface area contributed by atoms with Crippen LogP contribution in [0.3, 0.4) is 0 Å². The number of aliphatic imine (C=N–C) groups is 2. The van der Waals surface area contributed by atoms with E-state index in [9.17, 15) is 24.0 Å². The van der Waals surface area contributed by atoms with Crippen LogP contribution in [0.25, 0.3) is 0 Å². The number of anilines is 1. The summed E-state index contributed by atoms with van der Waals surface area (Å²) in [5.74, 6) is -0.585. The fourth-order valence-electron chi connectivity index (χ4n) is 9.61. The van der Waals surface area contributed by atoms with Gasteiger partial charge in [-0.25, -0.2) is 9.38 Å². The highest BCUT2D eigenvalue weighted by molar-refractivity contribution is 8.00. The summed E-state index contributed by atoms with van der Waals surface area (Å²) in [6, 6.07) is 10.9. The third kappa shape index (κ3) is 11.1. The average Bonchev–Trinajstić information content (AvgIpc) is 3.69. The highest BCUT2D eigenvalue weighted by Crippen LogP contribution is 2.52. The third-order valence-electron chi connectivity index (χ3n) is 12.9. The second-order valence-corrected chi connectivity index (χ2v) is 18.2. The molecule has 62 heavy (non-hydrogen) atoms. The van der Waals surface area contributed by atoms with E-state index in [1.165, 1.54) is 37.9 Å². The molecule has 3 N–H and O–H groups in total. The molecule has 2 saturated heterocycles. The van der Waals surface area contributed by atoms with Gasteiger partial charge in [-0.3, -0.25) is 29.1 Å². The smallest absolute Gasteiger partial charge is 0.261 e. The quantitative estimate of drug-likeness (QED) is 0.0624. The summed E-state index contributed by atoms with van der Waals surface area (Å²) in [5.41, 5.74) is 7.20. The van der Waals surface area contributed by atoms with E-state index in [0.29, 0.717) is 40.8 Å². The number of benzene rings is 2. The van der Waals surface area contributed by atoms with Crippen molar-refractivity contribution in [3.63, 3.8) is 0 Å². The van der Waals surface area contributed by atoms with Crippen LogP contribution in [-0.2, 0) is 19.2 Å². The number of thioether (sulfide) groups is 1. The van der Waals surface area contributed by atoms with Crippen molar-refractivity contribution in [2.45, 2.75) is 99.9 Å². The third-order valence-corrected chi connectivity index (χ3v) is 14.3. The number of amides is 3. The number of aldehydes is 2. The molecule has 3 atom stereocenters. The number of hydrogen-bond donors (Lipinski definition) is 2. The van der Waals surface area contributed by atoms with Gasteiger partial charge in [0.05, 0.1) is 11.4 Å². The summed E-state index contributed by atoms with van der Waals surface area (Å²) < 4.78 is 15.6. The van der Waals surface area contributed by atoms with E-state index in [1.807, 2.05) is 16.7 Å². The lowest BCUT2D eigenvalue weighted by Crippen LogP contribution is -2.67. The van der Waals surface area contributed by atoms with Gasteiger partial charge in [-0.05, 0) is 139 Å². The first-order valence-electron chi connectivity index (χ1n) is 21.6. The number of aryl methyl sites for hydroxylation is 1. The Hall–Kier alpha value is -4.99. The Labute approximate surface area is 370 Å². The number of likely N-dealkylation sites (tertiary alicyclic amines) is 1. The first-order chi connectivity index (χ1) is 29.9. The summed E-state index contributed by atoms with van der Waals surface area (Å²) in [7, 11) is 4.96. The van der Waals surface area contributed by atoms with Crippen LogP contribution in [0.15, 0.2) is 75.2 Å². The largest absolute Gasteiger partial charge is 0.368 e. The van der Waals surface area contributed by atoms with Crippen molar-refractivity contribution in [3.8, 4) is 0 Å². The van der Waals surface area contributed by atoms with Crippen LogP contribution in [0.2, 0.25) is 0 Å². The van der Waals surface area contributed by atoms with Crippen LogP contribution in [0.1, 0.15) is 80.6 Å². The highest BCUT2D eigenvalue weighted by atomic mass is 32.2. The van der Waals surface area contributed by atoms with E-state index in [1.54, 1.807) is 25.3 Å². The Balaban J connectivity index is 0.00000358. The number of amidine groups is 1. The summed E-state index contributed by atoms with van der Waals surface area (Å²) in [5, 5.41) is 2.96. The molecule has 0 radical (unpaired) electrons. The maximum absolute atomic E-state index is 15.6. The van der Waals surface area contributed by atoms with Gasteiger partial charge in [-0.2, -0.15) is 0 Å². The van der Waals surface area contributed by atoms with Crippen molar-refractivity contribution in [2.75, 3.05) is 52.2 Å². The second kappa shape index (κ2) is 22.4. The van der Waals surface area contributed by atoms with Gasteiger partial charge in [0.25, 0.3) is 5.91 Å². The van der Waals surface area contributed by atoms with Crippen molar-refractivity contribution < 1.29 is 28.4 Å². The molecule has 0 aromatic heterocycles. The number of carbonyl (C=O) groups excluding carboxylic acids is 5. The Morgan fingerprint density at radius 3 is 2.35 bits per heavy atom. The van der Waals surface area contributed by atoms with Gasteiger partial charge < -0.3 is 30.5 Å². The normalized spacial score (nSPS) is 21.0. The number of likely N-dealkylation sites (N-methyl/N-ethyl adjacent to an activating group) is 2. The van der Waals surface area contributed by atoms with Crippen LogP contribution in [0, 0.1) is 24.1 Å². The zero-order valence-corrected chi connectivity index (χ0v) is 37.6. The first kappa shape index (κ1) is 48.0. The van der Waals surface area contributed by atoms with Crippen LogP contribution >= 0.6 is 11.8 Å². The number of allylic oxidation sites excluding steroid dienone is 1. The molecule has 4 fully saturated rings. The lowest BCUT2D eigenvalue weighted by molar-refractivity contribution is -0.131. The average molecular weight is 871 g/mol. The standard InChI is InChI=1S/C46H58FN7O5S.CH5N/c1-31-9-6-11-40(31)51(5)43(33(27-48-3)10-7-21-55)50-34-13-15-36(16-14-34)60-37-17-19-52(20-18-37)35-25-46(26-35)28-53(29-46)42-23-32(2)38(24-39(42)47)45(59)54(30-57)41(12-8-22-56)44(58)49-4;1-2/h7,10,13-16,21-24,27,30-31,35,37,40-41H,3,6,8-9,11-12,17-20,25-26,28-29H2,1-2,4-5H3,(H,49,58);2H2,1H3/b10-7-,33-27-,50-43?;. The molecule has 2 aromatic carbocycles. The second-order valence-electron chi connectivity index (χ2n) is 16.9. The molecule has 2 aromatic rings. The van der Waals surface area contributed by atoms with Gasteiger partial charge in [-0.15, -0.1) is 11.8 Å². The van der Waals surface area contributed by atoms with Crippen molar-refractivity contribution >= 4 is 66.5 Å². The number of nitrogens with two attached hydrogens (primary N) is 1. The Morgan fingerprint density at radius 2 is 1.77 bits per heavy atom. The molecule has 4 aliphatic rings. The van der Waals surface area contributed by atoms with Crippen molar-refractivity contribution in [1.29, 1.82) is 0 Å². The number of nitrogens with zero attached hydrogens (tertiary/aromatic N) is 6. The van der Waals surface area contributed by atoms with Gasteiger partial charge >= 0.3 is 0 Å². The van der Waals surface area contributed by atoms with E-state index in [0.717, 1.165) is 92.6 Å². The monoisotopic (exact) mass is 870 g/mol. The molecule has 3 amide bonds. The molecule has 0 bridgehead atoms. The van der Waals surface area contributed by atoms with Gasteiger partial charge in [0, 0.05) is 78.6 Å². The molecule has 2 aliphatic carbocycles. The number of piperidine rings is 1. The number of nitrogens with one attached hydrogen (secondary N) is 1. The minimum absolute atomic E-state index is 0.00577. The lowest BCUT2D eigenvalue weighted by Gasteiger charge is -2.62. The molecule has 15 heteroatoms. The number of carbonyl (C=O) groups is 5. The molecule has 334 valence electrons. The molecule has 13 nitrogen and oxygen atoms in total. The zero-order valence-electron chi connectivity index (χ0n) is 36.8. The number of hydrogen-bond acceptors (Lipinski definition) is 11. The highest BCUT2D eigenvalue weighted by Gasteiger charge is 2.54. The van der Waals surface area contributed by atoms with Crippen LogP contribution in [-0.4, -0.2) is 129 Å². The predicted octanol–water partition coefficient (Wildman–Crippen LogP) is 6.12. The topological polar surface area (TPSA) is 161 Å². The lowest BCUT2D eigenvalue weighted by atomic mass is 9.60. The van der Waals surface area contributed by atoms with E-state index >= 15 is 4.39 Å². The maximum Gasteiger partial charge on any atom is 0.261 e. The number of imide groups is 1. The van der Waals surface area contributed by atoms with E-state index < -0.39 is 23.7 Å². The fourth-order valence-corrected chi connectivity index (χ4v) is 10.7. The summed E-state index contributed by atoms with van der Waals surface area (Å²) in [6.07, 6.45) is 14.3. The minimum Gasteiger partial charge on any atom is -0.368 e. The summed E-state index contributed by atoms with van der Waals surface area (Å²) >= 11 is 1.93. The van der Waals surface area contributed by atoms with Crippen LogP contribution in [0.4, 0.5) is 15.8 Å². The molecule has 2 heterocycles. The molecule has 2 saturated carbocycles. The molecular weight excluding hydrogens is 808 g/mol. The molecular formula is C47H63FN8O5S. The van der Waals surface area contributed by atoms with E-state index in [2.05, 4.69) is 70.8 Å². The predicted molar refractivity (Wildman–Crippen MR) is 246 cm³/mol. The zero-order chi connectivity index (χ0) is 45.0. The van der Waals surface area contributed by atoms with Gasteiger partial charge in [0.15, 0.2) is 0 Å². The maximum atomic E-state index is 15.6. The Morgan fingerprint density at radius 1 is 1.08 bits per heavy atom. The van der Waals surface area contributed by atoms with Crippen molar-refractivity contribution in [3.05, 3.63) is 77.3 Å². The van der Waals surface area contributed by atoms with Gasteiger partial charge in [0.2, 0.25) is 12.3 Å². The SMILES string of the molecule is C=N/C=C(/C=C\C=O)C(=Nc1ccc(SC2CCN(C3CC4(C3)CN(c3cc(C)c(C(=O)N(C=O)C(CCC=O)C(=O)NC)cc3F)C4)CC2)cc1)N(C)C1CCCC1C.CN. The van der Waals surface area contributed by atoms with Gasteiger partial charge in [0.1, 0.15) is 30.3 Å². The fraction of sp³-hybridized carbons (Fsp3) is 0.511. The summed E-state index contributed by atoms with van der Waals surface area (Å²) in [6.45, 7) is 11.2. The van der Waals surface area contributed by atoms with Crippen LogP contribution in [0.5, 0.6) is 0 Å². The van der Waals surface area contributed by atoms with E-state index in [-0.39, 0.29) is 30.2 Å². The Kier molecular flexibility index (Phi) is 17.3. The van der Waals surface area contributed by atoms with Crippen molar-refractivity contribution in [2.24, 2.45) is 27.1 Å². The van der Waals surface area contributed by atoms with E-state index in [4.69, 9.17) is 4.99 Å². The minimum atomic E-state index is -1.17. The molecule has 1 spiro atoms. The molecule has 2 aliphatic heterocycles.